The molecule has 1 atom stereocenters. The number of amides is 2. The van der Waals surface area contributed by atoms with Crippen molar-refractivity contribution in [1.29, 1.82) is 0 Å². The molecule has 2 N–H and O–H groups in total. The molecule has 3 heterocycles. The summed E-state index contributed by atoms with van der Waals surface area (Å²) >= 11 is 0. The van der Waals surface area contributed by atoms with Crippen LogP contribution in [0.3, 0.4) is 0 Å². The van der Waals surface area contributed by atoms with Crippen molar-refractivity contribution in [3.63, 3.8) is 0 Å². The molecule has 0 spiro atoms. The molecule has 1 aromatic carbocycles. The summed E-state index contributed by atoms with van der Waals surface area (Å²) in [6.45, 7) is 2.90. The summed E-state index contributed by atoms with van der Waals surface area (Å²) in [6, 6.07) is 10.9. The minimum atomic E-state index is -0.149. The Balaban J connectivity index is 1.44. The first-order valence-electron chi connectivity index (χ1n) is 9.19. The van der Waals surface area contributed by atoms with Gasteiger partial charge in [-0.25, -0.2) is 0 Å². The molecule has 1 fully saturated rings. The number of nitrogens with one attached hydrogen (secondary N) is 2. The molecule has 9 nitrogen and oxygen atoms in total. The van der Waals surface area contributed by atoms with Crippen molar-refractivity contribution in [2.24, 2.45) is 5.92 Å². The first-order valence-corrected chi connectivity index (χ1v) is 9.19. The van der Waals surface area contributed by atoms with Crippen LogP contribution in [0, 0.1) is 5.92 Å². The van der Waals surface area contributed by atoms with Crippen LogP contribution in [0.4, 0.5) is 17.2 Å². The summed E-state index contributed by atoms with van der Waals surface area (Å²) in [5.74, 6) is 0.480. The minimum absolute atomic E-state index is 0.0324. The highest BCUT2D eigenvalue weighted by Gasteiger charge is 2.27. The lowest BCUT2D eigenvalue weighted by Crippen LogP contribution is -2.41. The van der Waals surface area contributed by atoms with E-state index in [2.05, 4.69) is 30.8 Å². The van der Waals surface area contributed by atoms with E-state index in [1.54, 1.807) is 29.0 Å². The standard InChI is InChI=1S/C19H21N7O2/c1-13(27)21-15-5-2-6-16(10-15)22-19(28)14-4-3-9-25(11-14)18-8-7-17-23-20-12-26(17)24-18/h2,5-8,10,12,14H,3-4,9,11H2,1H3,(H,21,27)(H,22,28)/t14-/m0/s1. The average molecular weight is 379 g/mol. The lowest BCUT2D eigenvalue weighted by Gasteiger charge is -2.32. The van der Waals surface area contributed by atoms with E-state index in [-0.39, 0.29) is 17.7 Å². The van der Waals surface area contributed by atoms with E-state index in [0.29, 0.717) is 23.6 Å². The fourth-order valence-electron chi connectivity index (χ4n) is 3.41. The summed E-state index contributed by atoms with van der Waals surface area (Å²) in [7, 11) is 0. The average Bonchev–Trinajstić information content (AvgIpc) is 3.15. The third kappa shape index (κ3) is 3.93. The number of benzene rings is 1. The second-order valence-corrected chi connectivity index (χ2v) is 6.86. The van der Waals surface area contributed by atoms with Gasteiger partial charge in [-0.3, -0.25) is 9.59 Å². The molecule has 9 heteroatoms. The van der Waals surface area contributed by atoms with Crippen molar-refractivity contribution in [2.45, 2.75) is 19.8 Å². The summed E-state index contributed by atoms with van der Waals surface area (Å²) in [5.41, 5.74) is 2.01. The number of aromatic nitrogens is 4. The smallest absolute Gasteiger partial charge is 0.229 e. The van der Waals surface area contributed by atoms with Gasteiger partial charge in [0.2, 0.25) is 11.8 Å². The molecule has 1 saturated heterocycles. The molecule has 4 rings (SSSR count). The maximum atomic E-state index is 12.8. The van der Waals surface area contributed by atoms with Gasteiger partial charge in [0.1, 0.15) is 12.1 Å². The van der Waals surface area contributed by atoms with Gasteiger partial charge in [-0.2, -0.15) is 4.52 Å². The van der Waals surface area contributed by atoms with Crippen LogP contribution in [0.25, 0.3) is 5.65 Å². The van der Waals surface area contributed by atoms with Crippen LogP contribution in [0.2, 0.25) is 0 Å². The van der Waals surface area contributed by atoms with Gasteiger partial charge in [0.25, 0.3) is 0 Å². The van der Waals surface area contributed by atoms with Crippen LogP contribution in [0.5, 0.6) is 0 Å². The number of piperidine rings is 1. The molecule has 28 heavy (non-hydrogen) atoms. The van der Waals surface area contributed by atoms with Crippen molar-refractivity contribution in [3.8, 4) is 0 Å². The zero-order valence-corrected chi connectivity index (χ0v) is 15.5. The Labute approximate surface area is 161 Å². The Hall–Kier alpha value is -3.49. The van der Waals surface area contributed by atoms with Gasteiger partial charge in [-0.05, 0) is 43.2 Å². The molecule has 0 aliphatic carbocycles. The third-order valence-corrected chi connectivity index (χ3v) is 4.71. The summed E-state index contributed by atoms with van der Waals surface area (Å²) in [6.07, 6.45) is 3.30. The number of carbonyl (C=O) groups excluding carboxylic acids is 2. The normalized spacial score (nSPS) is 16.8. The number of fused-ring (bicyclic) bond motifs is 1. The zero-order chi connectivity index (χ0) is 19.5. The number of hydrogen-bond acceptors (Lipinski definition) is 6. The van der Waals surface area contributed by atoms with Gasteiger partial charge < -0.3 is 15.5 Å². The molecule has 2 aromatic heterocycles. The van der Waals surface area contributed by atoms with Gasteiger partial charge in [-0.1, -0.05) is 6.07 Å². The van der Waals surface area contributed by atoms with Crippen LogP contribution in [-0.2, 0) is 9.59 Å². The van der Waals surface area contributed by atoms with E-state index < -0.39 is 0 Å². The molecule has 0 unspecified atom stereocenters. The molecular formula is C19H21N7O2. The van der Waals surface area contributed by atoms with Gasteiger partial charge in [-0.15, -0.1) is 15.3 Å². The van der Waals surface area contributed by atoms with Gasteiger partial charge >= 0.3 is 0 Å². The fourth-order valence-corrected chi connectivity index (χ4v) is 3.41. The molecule has 144 valence electrons. The topological polar surface area (TPSA) is 105 Å². The predicted molar refractivity (Wildman–Crippen MR) is 105 cm³/mol. The molecule has 3 aromatic rings. The maximum absolute atomic E-state index is 12.8. The fraction of sp³-hybridized carbons (Fsp3) is 0.316. The number of anilines is 3. The summed E-state index contributed by atoms with van der Waals surface area (Å²) in [5, 5.41) is 18.0. The first kappa shape index (κ1) is 17.9. The van der Waals surface area contributed by atoms with E-state index in [0.717, 1.165) is 25.2 Å². The Bertz CT molecular complexity index is 1020. The SMILES string of the molecule is CC(=O)Nc1cccc(NC(=O)[C@H]2CCCN(c3ccc4nncn4n3)C2)c1. The Morgan fingerprint density at radius 3 is 2.79 bits per heavy atom. The largest absolute Gasteiger partial charge is 0.354 e. The van der Waals surface area contributed by atoms with Crippen LogP contribution >= 0.6 is 0 Å². The van der Waals surface area contributed by atoms with Crippen LogP contribution in [-0.4, -0.2) is 44.7 Å². The Morgan fingerprint density at radius 2 is 1.96 bits per heavy atom. The second kappa shape index (κ2) is 7.63. The third-order valence-electron chi connectivity index (χ3n) is 4.71. The van der Waals surface area contributed by atoms with E-state index in [9.17, 15) is 9.59 Å². The van der Waals surface area contributed by atoms with Crippen molar-refractivity contribution in [1.82, 2.24) is 19.8 Å². The van der Waals surface area contributed by atoms with Gasteiger partial charge in [0.15, 0.2) is 5.65 Å². The maximum Gasteiger partial charge on any atom is 0.229 e. The first-order chi connectivity index (χ1) is 13.6. The van der Waals surface area contributed by atoms with E-state index in [1.807, 2.05) is 18.2 Å². The number of rotatable bonds is 4. The van der Waals surface area contributed by atoms with Crippen LogP contribution < -0.4 is 15.5 Å². The Kier molecular flexibility index (Phi) is 4.88. The quantitative estimate of drug-likeness (QED) is 0.718. The Morgan fingerprint density at radius 1 is 1.14 bits per heavy atom. The lowest BCUT2D eigenvalue weighted by molar-refractivity contribution is -0.120. The van der Waals surface area contributed by atoms with E-state index >= 15 is 0 Å². The zero-order valence-electron chi connectivity index (χ0n) is 15.5. The highest BCUT2D eigenvalue weighted by Crippen LogP contribution is 2.23. The van der Waals surface area contributed by atoms with Crippen molar-refractivity contribution < 1.29 is 9.59 Å². The molecule has 0 saturated carbocycles. The molecule has 0 bridgehead atoms. The van der Waals surface area contributed by atoms with E-state index in [1.165, 1.54) is 6.92 Å². The van der Waals surface area contributed by atoms with Crippen molar-refractivity contribution in [3.05, 3.63) is 42.7 Å². The highest BCUT2D eigenvalue weighted by molar-refractivity contribution is 5.94. The summed E-state index contributed by atoms with van der Waals surface area (Å²) in [4.78, 5) is 26.1. The van der Waals surface area contributed by atoms with Crippen LogP contribution in [0.15, 0.2) is 42.7 Å². The van der Waals surface area contributed by atoms with Crippen LogP contribution in [0.1, 0.15) is 19.8 Å². The molecule has 1 aliphatic heterocycles. The lowest BCUT2D eigenvalue weighted by atomic mass is 9.97. The van der Waals surface area contributed by atoms with E-state index in [4.69, 9.17) is 0 Å². The van der Waals surface area contributed by atoms with Gasteiger partial charge in [0.05, 0.1) is 5.92 Å². The second-order valence-electron chi connectivity index (χ2n) is 6.86. The monoisotopic (exact) mass is 379 g/mol. The van der Waals surface area contributed by atoms with Gasteiger partial charge in [0, 0.05) is 31.4 Å². The molecular weight excluding hydrogens is 358 g/mol. The number of nitrogens with zero attached hydrogens (tertiary/aromatic N) is 5. The minimum Gasteiger partial charge on any atom is -0.354 e. The molecule has 0 radical (unpaired) electrons. The number of hydrogen-bond donors (Lipinski definition) is 2. The van der Waals surface area contributed by atoms with Crippen molar-refractivity contribution in [2.75, 3.05) is 28.6 Å². The highest BCUT2D eigenvalue weighted by atomic mass is 16.2. The predicted octanol–water partition coefficient (Wildman–Crippen LogP) is 1.94. The molecule has 2 amide bonds. The molecule has 1 aliphatic rings. The number of carbonyl (C=O) groups is 2. The summed E-state index contributed by atoms with van der Waals surface area (Å²) < 4.78 is 1.63. The van der Waals surface area contributed by atoms with Crippen molar-refractivity contribution >= 4 is 34.7 Å².